The average Bonchev–Trinajstić information content (AvgIpc) is 2.82. The number of hydrogen-bond acceptors (Lipinski definition) is 4. The van der Waals surface area contributed by atoms with E-state index in [2.05, 4.69) is 49.5 Å². The predicted molar refractivity (Wildman–Crippen MR) is 145 cm³/mol. The number of benzene rings is 2. The summed E-state index contributed by atoms with van der Waals surface area (Å²) in [7, 11) is 0. The minimum absolute atomic E-state index is 0.0797. The molecule has 6 heteroatoms. The molecule has 194 valence electrons. The van der Waals surface area contributed by atoms with E-state index in [-0.39, 0.29) is 30.0 Å². The van der Waals surface area contributed by atoms with Crippen LogP contribution in [-0.2, 0) is 16.0 Å². The zero-order valence-corrected chi connectivity index (χ0v) is 22.6. The summed E-state index contributed by atoms with van der Waals surface area (Å²) in [5, 5.41) is 3.75. The smallest absolute Gasteiger partial charge is 0.410 e. The van der Waals surface area contributed by atoms with Gasteiger partial charge in [0.05, 0.1) is 6.04 Å². The van der Waals surface area contributed by atoms with Gasteiger partial charge < -0.3 is 19.9 Å². The highest BCUT2D eigenvalue weighted by atomic mass is 16.6. The van der Waals surface area contributed by atoms with E-state index in [1.807, 2.05) is 48.8 Å². The molecule has 4 rings (SSSR count). The Labute approximate surface area is 216 Å². The minimum Gasteiger partial charge on any atom is -0.444 e. The summed E-state index contributed by atoms with van der Waals surface area (Å²) in [4.78, 5) is 28.8. The van der Waals surface area contributed by atoms with Gasteiger partial charge in [-0.1, -0.05) is 37.3 Å². The Morgan fingerprint density at radius 3 is 2.31 bits per heavy atom. The molecule has 0 bridgehead atoms. The van der Waals surface area contributed by atoms with Crippen LogP contribution >= 0.6 is 0 Å². The molecular formula is C30H41N3O3. The normalized spacial score (nSPS) is 22.7. The number of anilines is 2. The Morgan fingerprint density at radius 1 is 1.03 bits per heavy atom. The van der Waals surface area contributed by atoms with Crippen molar-refractivity contribution < 1.29 is 14.3 Å². The molecular weight excluding hydrogens is 450 g/mol. The van der Waals surface area contributed by atoms with Crippen molar-refractivity contribution in [1.82, 2.24) is 4.90 Å². The highest BCUT2D eigenvalue weighted by Crippen LogP contribution is 2.43. The van der Waals surface area contributed by atoms with Gasteiger partial charge in [0.1, 0.15) is 5.60 Å². The lowest BCUT2D eigenvalue weighted by Gasteiger charge is -2.44. The van der Waals surface area contributed by atoms with Gasteiger partial charge in [0.2, 0.25) is 5.91 Å². The Balaban J connectivity index is 1.52. The Hall–Kier alpha value is -3.02. The predicted octanol–water partition coefficient (Wildman–Crippen LogP) is 6.42. The molecule has 6 nitrogen and oxygen atoms in total. The molecule has 36 heavy (non-hydrogen) atoms. The van der Waals surface area contributed by atoms with Crippen LogP contribution in [0.25, 0.3) is 0 Å². The summed E-state index contributed by atoms with van der Waals surface area (Å²) in [5.41, 5.74) is 4.09. The molecule has 2 aliphatic rings. The molecule has 3 atom stereocenters. The van der Waals surface area contributed by atoms with E-state index in [1.165, 1.54) is 11.1 Å². The van der Waals surface area contributed by atoms with Gasteiger partial charge >= 0.3 is 6.09 Å². The molecule has 1 fully saturated rings. The lowest BCUT2D eigenvalue weighted by molar-refractivity contribution is -0.117. The van der Waals surface area contributed by atoms with Crippen LogP contribution in [-0.4, -0.2) is 41.6 Å². The summed E-state index contributed by atoms with van der Waals surface area (Å²) in [6, 6.07) is 17.1. The third kappa shape index (κ3) is 5.85. The second-order valence-electron chi connectivity index (χ2n) is 11.5. The van der Waals surface area contributed by atoms with E-state index in [1.54, 1.807) is 6.92 Å². The van der Waals surface area contributed by atoms with E-state index in [0.29, 0.717) is 5.92 Å². The first-order valence-electron chi connectivity index (χ1n) is 13.3. The Morgan fingerprint density at radius 2 is 1.69 bits per heavy atom. The van der Waals surface area contributed by atoms with Gasteiger partial charge in [-0.2, -0.15) is 0 Å². The molecule has 2 heterocycles. The second-order valence-corrected chi connectivity index (χ2v) is 11.5. The van der Waals surface area contributed by atoms with E-state index in [0.717, 1.165) is 43.7 Å². The van der Waals surface area contributed by atoms with Crippen LogP contribution in [0.3, 0.4) is 0 Å². The van der Waals surface area contributed by atoms with Gasteiger partial charge in [-0.05, 0) is 82.2 Å². The Bertz CT molecular complexity index is 1070. The fraction of sp³-hybridized carbons (Fsp3) is 0.533. The van der Waals surface area contributed by atoms with Crippen LogP contribution < -0.4 is 10.2 Å². The van der Waals surface area contributed by atoms with Crippen molar-refractivity contribution in [2.45, 2.75) is 78.5 Å². The van der Waals surface area contributed by atoms with E-state index >= 15 is 0 Å². The van der Waals surface area contributed by atoms with E-state index in [9.17, 15) is 9.59 Å². The zero-order chi connectivity index (χ0) is 26.0. The maximum atomic E-state index is 12.6. The van der Waals surface area contributed by atoms with Crippen LogP contribution in [0.15, 0.2) is 48.5 Å². The number of ether oxygens (including phenoxy) is 1. The van der Waals surface area contributed by atoms with Gasteiger partial charge in [-0.25, -0.2) is 4.79 Å². The van der Waals surface area contributed by atoms with Gasteiger partial charge in [-0.15, -0.1) is 0 Å². The highest BCUT2D eigenvalue weighted by molar-refractivity contribution is 5.94. The maximum Gasteiger partial charge on any atom is 0.410 e. The summed E-state index contributed by atoms with van der Waals surface area (Å²) in [6.07, 6.45) is 2.69. The molecule has 1 N–H and O–H groups in total. The van der Waals surface area contributed by atoms with Crippen molar-refractivity contribution in [2.75, 3.05) is 23.3 Å². The third-order valence-corrected chi connectivity index (χ3v) is 7.61. The number of hydrogen-bond donors (Lipinski definition) is 1. The number of likely N-dealkylation sites (tertiary alicyclic amines) is 1. The fourth-order valence-electron chi connectivity index (χ4n) is 5.57. The monoisotopic (exact) mass is 491 g/mol. The molecule has 1 unspecified atom stereocenters. The van der Waals surface area contributed by atoms with E-state index < -0.39 is 5.60 Å². The summed E-state index contributed by atoms with van der Waals surface area (Å²) >= 11 is 0. The fourth-order valence-corrected chi connectivity index (χ4v) is 5.57. The molecule has 2 aliphatic heterocycles. The van der Waals surface area contributed by atoms with Crippen molar-refractivity contribution >= 4 is 23.4 Å². The summed E-state index contributed by atoms with van der Waals surface area (Å²) in [5.74, 6) is 0.844. The number of nitrogens with one attached hydrogen (secondary N) is 1. The molecule has 0 saturated carbocycles. The van der Waals surface area contributed by atoms with Gasteiger partial charge in [0.25, 0.3) is 0 Å². The van der Waals surface area contributed by atoms with Crippen molar-refractivity contribution in [3.8, 4) is 0 Å². The molecule has 0 aliphatic carbocycles. The quantitative estimate of drug-likeness (QED) is 0.536. The number of fused-ring (bicyclic) bond motifs is 1. The lowest BCUT2D eigenvalue weighted by Crippen LogP contribution is -2.48. The first-order chi connectivity index (χ1) is 17.0. The van der Waals surface area contributed by atoms with Gasteiger partial charge in [-0.3, -0.25) is 4.79 Å². The number of nitrogens with zero attached hydrogens (tertiary/aromatic N) is 2. The third-order valence-electron chi connectivity index (χ3n) is 7.61. The first-order valence-corrected chi connectivity index (χ1v) is 13.3. The summed E-state index contributed by atoms with van der Waals surface area (Å²) < 4.78 is 5.55. The summed E-state index contributed by atoms with van der Waals surface area (Å²) in [6.45, 7) is 13.2. The molecule has 1 saturated heterocycles. The van der Waals surface area contributed by atoms with Crippen molar-refractivity contribution in [1.29, 1.82) is 0 Å². The van der Waals surface area contributed by atoms with Crippen LogP contribution in [0.1, 0.15) is 71.6 Å². The van der Waals surface area contributed by atoms with E-state index in [4.69, 9.17) is 4.74 Å². The number of carbonyl (C=O) groups is 2. The second kappa shape index (κ2) is 10.5. The van der Waals surface area contributed by atoms with Crippen molar-refractivity contribution in [2.24, 2.45) is 11.8 Å². The van der Waals surface area contributed by atoms with Gasteiger partial charge in [0.15, 0.2) is 0 Å². The SMILES string of the molecule is CC(=O)N1c2ccc(CC3CCN(C(=O)OC(C)(C)C)CC3)cc2C(Nc2ccccc2)[C@@H](C)[C@@H]1C. The number of carbonyl (C=O) groups excluding carboxylic acids is 2. The molecule has 2 aromatic rings. The molecule has 2 aromatic carbocycles. The first kappa shape index (κ1) is 26.1. The van der Waals surface area contributed by atoms with Crippen LogP contribution in [0, 0.1) is 11.8 Å². The van der Waals surface area contributed by atoms with Crippen LogP contribution in [0.4, 0.5) is 16.2 Å². The molecule has 0 radical (unpaired) electrons. The molecule has 0 spiro atoms. The van der Waals surface area contributed by atoms with Crippen LogP contribution in [0.2, 0.25) is 0 Å². The Kier molecular flexibility index (Phi) is 7.62. The number of amides is 2. The lowest BCUT2D eigenvalue weighted by atomic mass is 9.81. The topological polar surface area (TPSA) is 61.9 Å². The van der Waals surface area contributed by atoms with Crippen molar-refractivity contribution in [3.63, 3.8) is 0 Å². The zero-order valence-electron chi connectivity index (χ0n) is 22.6. The molecule has 2 amide bonds. The average molecular weight is 492 g/mol. The maximum absolute atomic E-state index is 12.6. The number of para-hydroxylation sites is 1. The highest BCUT2D eigenvalue weighted by Gasteiger charge is 2.38. The largest absolute Gasteiger partial charge is 0.444 e. The number of piperidine rings is 1. The minimum atomic E-state index is -0.468. The van der Waals surface area contributed by atoms with Gasteiger partial charge in [0, 0.05) is 43.3 Å². The van der Waals surface area contributed by atoms with Crippen LogP contribution in [0.5, 0.6) is 0 Å². The molecule has 0 aromatic heterocycles. The van der Waals surface area contributed by atoms with Crippen molar-refractivity contribution in [3.05, 3.63) is 59.7 Å². The number of rotatable bonds is 4. The standard InChI is InChI=1S/C30H41N3O3/c1-20-21(2)33(22(3)34)27-13-12-24(19-26(27)28(20)31-25-10-8-7-9-11-25)18-23-14-16-32(17-15-23)29(35)36-30(4,5)6/h7-13,19-21,23,28,31H,14-18H2,1-6H3/t20-,21-,28?/m0/s1.